The molecule has 0 aliphatic heterocycles. The Hall–Kier alpha value is -2.32. The molecule has 0 aliphatic carbocycles. The lowest BCUT2D eigenvalue weighted by atomic mass is 10.2. The van der Waals surface area contributed by atoms with Gasteiger partial charge < -0.3 is 14.8 Å². The highest BCUT2D eigenvalue weighted by Crippen LogP contribution is 2.30. The maximum Gasteiger partial charge on any atom is 0.296 e. The van der Waals surface area contributed by atoms with Gasteiger partial charge in [0.05, 0.1) is 22.6 Å². The largest absolute Gasteiger partial charge is 0.494 e. The molecule has 2 aromatic rings. The van der Waals surface area contributed by atoms with E-state index in [9.17, 15) is 14.9 Å². The number of benzene rings is 2. The Morgan fingerprint density at radius 3 is 2.68 bits per heavy atom. The quantitative estimate of drug-likeness (QED) is 0.519. The molecule has 132 valence electrons. The summed E-state index contributed by atoms with van der Waals surface area (Å²) in [6.45, 7) is 1.81. The lowest BCUT2D eigenvalue weighted by molar-refractivity contribution is -0.384. The van der Waals surface area contributed by atoms with E-state index in [1.807, 2.05) is 0 Å². The minimum absolute atomic E-state index is 0.0592. The van der Waals surface area contributed by atoms with Gasteiger partial charge in [0.25, 0.3) is 11.6 Å². The van der Waals surface area contributed by atoms with Crippen molar-refractivity contribution >= 4 is 44.8 Å². The molecule has 0 spiro atoms. The van der Waals surface area contributed by atoms with Gasteiger partial charge in [-0.1, -0.05) is 27.5 Å². The zero-order chi connectivity index (χ0) is 18.4. The van der Waals surface area contributed by atoms with Crippen LogP contribution in [0.1, 0.15) is 6.92 Å². The fourth-order valence-corrected chi connectivity index (χ4v) is 2.67. The normalized spacial score (nSPS) is 10.2. The number of halogens is 2. The van der Waals surface area contributed by atoms with E-state index >= 15 is 0 Å². The second-order valence-corrected chi connectivity index (χ2v) is 6.10. The zero-order valence-corrected chi connectivity index (χ0v) is 15.5. The SMILES string of the molecule is CCOc1ccc(NC(=O)COc2ccc(Br)cc2Cl)c([N+](=O)[O-])c1. The van der Waals surface area contributed by atoms with Gasteiger partial charge in [-0.2, -0.15) is 0 Å². The summed E-state index contributed by atoms with van der Waals surface area (Å²) in [6.07, 6.45) is 0. The molecular weight excluding hydrogens is 416 g/mol. The third-order valence-corrected chi connectivity index (χ3v) is 3.79. The second-order valence-electron chi connectivity index (χ2n) is 4.78. The van der Waals surface area contributed by atoms with Gasteiger partial charge in [0.15, 0.2) is 6.61 Å². The minimum atomic E-state index is -0.593. The average molecular weight is 430 g/mol. The lowest BCUT2D eigenvalue weighted by Crippen LogP contribution is -2.20. The summed E-state index contributed by atoms with van der Waals surface area (Å²) in [6, 6.07) is 9.17. The highest BCUT2D eigenvalue weighted by molar-refractivity contribution is 9.10. The monoisotopic (exact) mass is 428 g/mol. The highest BCUT2D eigenvalue weighted by atomic mass is 79.9. The Balaban J connectivity index is 2.05. The van der Waals surface area contributed by atoms with Gasteiger partial charge in [-0.15, -0.1) is 0 Å². The van der Waals surface area contributed by atoms with Crippen LogP contribution < -0.4 is 14.8 Å². The number of ether oxygens (including phenoxy) is 2. The number of anilines is 1. The van der Waals surface area contributed by atoms with Gasteiger partial charge in [-0.05, 0) is 37.3 Å². The van der Waals surface area contributed by atoms with Crippen LogP contribution in [0.15, 0.2) is 40.9 Å². The van der Waals surface area contributed by atoms with E-state index in [0.29, 0.717) is 23.1 Å². The van der Waals surface area contributed by atoms with Crippen LogP contribution in [-0.4, -0.2) is 24.0 Å². The molecule has 9 heteroatoms. The van der Waals surface area contributed by atoms with Crippen LogP contribution in [0, 0.1) is 10.1 Å². The zero-order valence-electron chi connectivity index (χ0n) is 13.1. The summed E-state index contributed by atoms with van der Waals surface area (Å²) in [5.41, 5.74) is -0.204. The number of carbonyl (C=O) groups excluding carboxylic acids is 1. The number of nitro groups is 1. The molecule has 2 rings (SSSR count). The number of hydrogen-bond acceptors (Lipinski definition) is 5. The molecule has 0 radical (unpaired) electrons. The third-order valence-electron chi connectivity index (χ3n) is 3.00. The van der Waals surface area contributed by atoms with Crippen LogP contribution in [0.5, 0.6) is 11.5 Å². The van der Waals surface area contributed by atoms with E-state index in [1.54, 1.807) is 31.2 Å². The van der Waals surface area contributed by atoms with Gasteiger partial charge in [-0.3, -0.25) is 14.9 Å². The Morgan fingerprint density at radius 1 is 1.28 bits per heavy atom. The summed E-state index contributed by atoms with van der Waals surface area (Å²) >= 11 is 9.26. The summed E-state index contributed by atoms with van der Waals surface area (Å²) in [5.74, 6) is 0.137. The Morgan fingerprint density at radius 2 is 2.04 bits per heavy atom. The molecule has 0 unspecified atom stereocenters. The molecule has 0 fully saturated rings. The minimum Gasteiger partial charge on any atom is -0.494 e. The van der Waals surface area contributed by atoms with E-state index in [2.05, 4.69) is 21.2 Å². The second kappa shape index (κ2) is 8.68. The predicted octanol–water partition coefficient (Wildman–Crippen LogP) is 4.43. The average Bonchev–Trinajstić information content (AvgIpc) is 2.55. The Labute approximate surface area is 157 Å². The molecule has 0 saturated heterocycles. The highest BCUT2D eigenvalue weighted by Gasteiger charge is 2.18. The van der Waals surface area contributed by atoms with Crippen molar-refractivity contribution in [1.29, 1.82) is 0 Å². The van der Waals surface area contributed by atoms with E-state index in [1.165, 1.54) is 12.1 Å². The van der Waals surface area contributed by atoms with E-state index in [0.717, 1.165) is 4.47 Å². The molecule has 0 bridgehead atoms. The Kier molecular flexibility index (Phi) is 6.60. The number of amides is 1. The summed E-state index contributed by atoms with van der Waals surface area (Å²) in [5, 5.41) is 14.0. The van der Waals surface area contributed by atoms with Crippen LogP contribution >= 0.6 is 27.5 Å². The summed E-state index contributed by atoms with van der Waals surface area (Å²) < 4.78 is 11.3. The molecular formula is C16H14BrClN2O5. The van der Waals surface area contributed by atoms with Gasteiger partial charge in [0, 0.05) is 4.47 Å². The van der Waals surface area contributed by atoms with Crippen molar-refractivity contribution in [2.45, 2.75) is 6.92 Å². The molecule has 0 aromatic heterocycles. The molecule has 0 saturated carbocycles. The summed E-state index contributed by atoms with van der Waals surface area (Å²) in [4.78, 5) is 22.6. The van der Waals surface area contributed by atoms with Gasteiger partial charge >= 0.3 is 0 Å². The van der Waals surface area contributed by atoms with Gasteiger partial charge in [0.1, 0.15) is 17.2 Å². The van der Waals surface area contributed by atoms with Crippen LogP contribution in [0.2, 0.25) is 5.02 Å². The van der Waals surface area contributed by atoms with Crippen molar-refractivity contribution in [3.63, 3.8) is 0 Å². The molecule has 1 N–H and O–H groups in total. The van der Waals surface area contributed by atoms with Crippen molar-refractivity contribution in [1.82, 2.24) is 0 Å². The fourth-order valence-electron chi connectivity index (χ4n) is 1.95. The van der Waals surface area contributed by atoms with Crippen molar-refractivity contribution in [3.8, 4) is 11.5 Å². The summed E-state index contributed by atoms with van der Waals surface area (Å²) in [7, 11) is 0. The number of hydrogen-bond donors (Lipinski definition) is 1. The van der Waals surface area contributed by atoms with Crippen molar-refractivity contribution < 1.29 is 19.2 Å². The van der Waals surface area contributed by atoms with Gasteiger partial charge in [-0.25, -0.2) is 0 Å². The van der Waals surface area contributed by atoms with Crippen molar-refractivity contribution in [3.05, 3.63) is 56.0 Å². The van der Waals surface area contributed by atoms with Crippen LogP contribution in [0.3, 0.4) is 0 Å². The number of rotatable bonds is 7. The lowest BCUT2D eigenvalue weighted by Gasteiger charge is -2.10. The van der Waals surface area contributed by atoms with E-state index in [4.69, 9.17) is 21.1 Å². The predicted molar refractivity (Wildman–Crippen MR) is 97.5 cm³/mol. The van der Waals surface area contributed by atoms with Crippen molar-refractivity contribution in [2.75, 3.05) is 18.5 Å². The van der Waals surface area contributed by atoms with Gasteiger partial charge in [0.2, 0.25) is 0 Å². The molecule has 0 aliphatic rings. The number of nitro benzene ring substituents is 1. The molecule has 0 atom stereocenters. The first kappa shape index (κ1) is 19.0. The first-order chi connectivity index (χ1) is 11.9. The van der Waals surface area contributed by atoms with Crippen LogP contribution in [-0.2, 0) is 4.79 Å². The molecule has 25 heavy (non-hydrogen) atoms. The first-order valence-electron chi connectivity index (χ1n) is 7.19. The first-order valence-corrected chi connectivity index (χ1v) is 8.36. The van der Waals surface area contributed by atoms with Crippen LogP contribution in [0.4, 0.5) is 11.4 Å². The fraction of sp³-hybridized carbons (Fsp3) is 0.188. The Bertz CT molecular complexity index is 800. The van der Waals surface area contributed by atoms with Crippen LogP contribution in [0.25, 0.3) is 0 Å². The maximum absolute atomic E-state index is 12.0. The number of nitrogens with one attached hydrogen (secondary N) is 1. The number of nitrogens with zero attached hydrogens (tertiary/aromatic N) is 1. The topological polar surface area (TPSA) is 90.7 Å². The van der Waals surface area contributed by atoms with Crippen molar-refractivity contribution in [2.24, 2.45) is 0 Å². The molecule has 7 nitrogen and oxygen atoms in total. The molecule has 2 aromatic carbocycles. The van der Waals surface area contributed by atoms with E-state index < -0.39 is 10.8 Å². The van der Waals surface area contributed by atoms with E-state index in [-0.39, 0.29) is 18.0 Å². The standard InChI is InChI=1S/C16H14BrClN2O5/c1-2-24-11-4-5-13(14(8-11)20(22)23)19-16(21)9-25-15-6-3-10(17)7-12(15)18/h3-8H,2,9H2,1H3,(H,19,21). The number of carbonyl (C=O) groups is 1. The molecule has 1 amide bonds. The smallest absolute Gasteiger partial charge is 0.296 e. The maximum atomic E-state index is 12.0. The molecule has 0 heterocycles. The third kappa shape index (κ3) is 5.33.